The van der Waals surface area contributed by atoms with Crippen molar-refractivity contribution in [1.82, 2.24) is 14.9 Å². The fourth-order valence-corrected chi connectivity index (χ4v) is 4.09. The summed E-state index contributed by atoms with van der Waals surface area (Å²) >= 11 is 1.57. The molecule has 2 aliphatic heterocycles. The molecule has 0 spiro atoms. The van der Waals surface area contributed by atoms with Crippen molar-refractivity contribution in [3.63, 3.8) is 0 Å². The number of piperazine rings is 1. The maximum Gasteiger partial charge on any atom is 0.254 e. The van der Waals surface area contributed by atoms with E-state index in [1.165, 1.54) is 12.8 Å². The Morgan fingerprint density at radius 2 is 1.80 bits per heavy atom. The maximum absolute atomic E-state index is 12.5. The summed E-state index contributed by atoms with van der Waals surface area (Å²) in [5.41, 5.74) is 1.80. The Balaban J connectivity index is 1.44. The first kappa shape index (κ1) is 16.3. The van der Waals surface area contributed by atoms with Gasteiger partial charge in [0.2, 0.25) is 5.95 Å². The Kier molecular flexibility index (Phi) is 4.57. The van der Waals surface area contributed by atoms with Crippen LogP contribution in [0.15, 0.2) is 22.9 Å². The highest BCUT2D eigenvalue weighted by atomic mass is 32.1. The predicted molar refractivity (Wildman–Crippen MR) is 101 cm³/mol. The van der Waals surface area contributed by atoms with Gasteiger partial charge in [-0.25, -0.2) is 4.98 Å². The second kappa shape index (κ2) is 7.00. The van der Waals surface area contributed by atoms with Crippen molar-refractivity contribution >= 4 is 29.0 Å². The zero-order valence-electron chi connectivity index (χ0n) is 14.5. The van der Waals surface area contributed by atoms with E-state index in [9.17, 15) is 4.79 Å². The number of thiophene rings is 1. The SMILES string of the molecule is Cc1cc(N2CCN(C(=O)c3ccsc3)CC2)nc(N2CCCC2)n1. The number of hydrogen-bond acceptors (Lipinski definition) is 6. The molecule has 0 unspecified atom stereocenters. The van der Waals surface area contributed by atoms with Crippen LogP contribution in [0.1, 0.15) is 28.9 Å². The van der Waals surface area contributed by atoms with Gasteiger partial charge in [0.1, 0.15) is 5.82 Å². The minimum absolute atomic E-state index is 0.137. The standard InChI is InChI=1S/C18H23N5OS/c1-14-12-16(20-18(19-14)23-5-2-3-6-23)21-7-9-22(10-8-21)17(24)15-4-11-25-13-15/h4,11-13H,2-3,5-10H2,1H3. The van der Waals surface area contributed by atoms with Gasteiger partial charge in [-0.3, -0.25) is 4.79 Å². The molecule has 2 fully saturated rings. The number of anilines is 2. The minimum Gasteiger partial charge on any atom is -0.353 e. The lowest BCUT2D eigenvalue weighted by atomic mass is 10.2. The molecule has 0 bridgehead atoms. The highest BCUT2D eigenvalue weighted by Gasteiger charge is 2.24. The Hall–Kier alpha value is -2.15. The summed E-state index contributed by atoms with van der Waals surface area (Å²) in [5, 5.41) is 3.87. The van der Waals surface area contributed by atoms with Gasteiger partial charge in [0, 0.05) is 56.4 Å². The van der Waals surface area contributed by atoms with Gasteiger partial charge in [-0.15, -0.1) is 0 Å². The first-order chi connectivity index (χ1) is 12.2. The van der Waals surface area contributed by atoms with Crippen LogP contribution in [-0.4, -0.2) is 60.0 Å². The Labute approximate surface area is 152 Å². The van der Waals surface area contributed by atoms with Gasteiger partial charge < -0.3 is 14.7 Å². The van der Waals surface area contributed by atoms with E-state index in [-0.39, 0.29) is 5.91 Å². The molecule has 2 aromatic rings. The molecule has 7 heteroatoms. The molecule has 0 radical (unpaired) electrons. The Bertz CT molecular complexity index is 734. The average Bonchev–Trinajstić information content (AvgIpc) is 3.34. The molecule has 25 heavy (non-hydrogen) atoms. The van der Waals surface area contributed by atoms with Gasteiger partial charge in [0.15, 0.2) is 0 Å². The first-order valence-corrected chi connectivity index (χ1v) is 9.82. The Morgan fingerprint density at radius 3 is 2.48 bits per heavy atom. The second-order valence-corrected chi connectivity index (χ2v) is 7.43. The molecule has 0 aliphatic carbocycles. The molecule has 4 heterocycles. The van der Waals surface area contributed by atoms with Crippen LogP contribution < -0.4 is 9.80 Å². The number of amides is 1. The summed E-state index contributed by atoms with van der Waals surface area (Å²) in [7, 11) is 0. The van der Waals surface area contributed by atoms with Crippen LogP contribution in [0, 0.1) is 6.92 Å². The van der Waals surface area contributed by atoms with Crippen LogP contribution >= 0.6 is 11.3 Å². The van der Waals surface area contributed by atoms with Crippen molar-refractivity contribution in [1.29, 1.82) is 0 Å². The van der Waals surface area contributed by atoms with Crippen LogP contribution in [0.4, 0.5) is 11.8 Å². The fraction of sp³-hybridized carbons (Fsp3) is 0.500. The molecule has 0 aromatic carbocycles. The highest BCUT2D eigenvalue weighted by molar-refractivity contribution is 7.08. The third-order valence-corrected chi connectivity index (χ3v) is 5.56. The van der Waals surface area contributed by atoms with Crippen molar-refractivity contribution in [2.75, 3.05) is 49.1 Å². The summed E-state index contributed by atoms with van der Waals surface area (Å²) in [5.74, 6) is 1.97. The van der Waals surface area contributed by atoms with Crippen LogP contribution in [-0.2, 0) is 0 Å². The zero-order chi connectivity index (χ0) is 17.2. The minimum atomic E-state index is 0.137. The largest absolute Gasteiger partial charge is 0.353 e. The van der Waals surface area contributed by atoms with Crippen LogP contribution in [0.3, 0.4) is 0 Å². The highest BCUT2D eigenvalue weighted by Crippen LogP contribution is 2.22. The summed E-state index contributed by atoms with van der Waals surface area (Å²) in [6.45, 7) is 7.21. The summed E-state index contributed by atoms with van der Waals surface area (Å²) in [4.78, 5) is 28.4. The van der Waals surface area contributed by atoms with E-state index in [1.807, 2.05) is 28.7 Å². The Morgan fingerprint density at radius 1 is 1.04 bits per heavy atom. The van der Waals surface area contributed by atoms with Gasteiger partial charge in [-0.2, -0.15) is 16.3 Å². The molecule has 2 saturated heterocycles. The third-order valence-electron chi connectivity index (χ3n) is 4.88. The topological polar surface area (TPSA) is 52.6 Å². The fourth-order valence-electron chi connectivity index (χ4n) is 3.46. The molecule has 0 saturated carbocycles. The predicted octanol–water partition coefficient (Wildman–Crippen LogP) is 2.41. The van der Waals surface area contributed by atoms with Crippen molar-refractivity contribution in [3.05, 3.63) is 34.2 Å². The quantitative estimate of drug-likeness (QED) is 0.844. The van der Waals surface area contributed by atoms with Gasteiger partial charge in [-0.1, -0.05) is 0 Å². The molecule has 2 aromatic heterocycles. The maximum atomic E-state index is 12.5. The normalized spacial score (nSPS) is 18.0. The monoisotopic (exact) mass is 357 g/mol. The van der Waals surface area contributed by atoms with E-state index in [0.717, 1.165) is 62.3 Å². The van der Waals surface area contributed by atoms with Crippen LogP contribution in [0.25, 0.3) is 0 Å². The summed E-state index contributed by atoms with van der Waals surface area (Å²) in [6, 6.07) is 3.95. The number of aryl methyl sites for hydroxylation is 1. The summed E-state index contributed by atoms with van der Waals surface area (Å²) in [6.07, 6.45) is 2.44. The lowest BCUT2D eigenvalue weighted by molar-refractivity contribution is 0.0747. The van der Waals surface area contributed by atoms with Crippen molar-refractivity contribution in [2.24, 2.45) is 0 Å². The lowest BCUT2D eigenvalue weighted by Gasteiger charge is -2.35. The van der Waals surface area contributed by atoms with Gasteiger partial charge in [0.05, 0.1) is 5.56 Å². The van der Waals surface area contributed by atoms with E-state index >= 15 is 0 Å². The van der Waals surface area contributed by atoms with Crippen molar-refractivity contribution in [3.8, 4) is 0 Å². The molecular weight excluding hydrogens is 334 g/mol. The smallest absolute Gasteiger partial charge is 0.254 e. The van der Waals surface area contributed by atoms with Crippen LogP contribution in [0.2, 0.25) is 0 Å². The van der Waals surface area contributed by atoms with Gasteiger partial charge in [-0.05, 0) is 31.2 Å². The first-order valence-electron chi connectivity index (χ1n) is 8.88. The van der Waals surface area contributed by atoms with E-state index in [2.05, 4.69) is 20.9 Å². The number of hydrogen-bond donors (Lipinski definition) is 0. The van der Waals surface area contributed by atoms with E-state index in [4.69, 9.17) is 4.98 Å². The molecule has 0 atom stereocenters. The van der Waals surface area contributed by atoms with E-state index < -0.39 is 0 Å². The molecule has 6 nitrogen and oxygen atoms in total. The number of rotatable bonds is 3. The molecule has 4 rings (SSSR count). The molecule has 0 N–H and O–H groups in total. The number of nitrogens with zero attached hydrogens (tertiary/aromatic N) is 5. The van der Waals surface area contributed by atoms with Crippen molar-refractivity contribution in [2.45, 2.75) is 19.8 Å². The number of carbonyl (C=O) groups is 1. The molecular formula is C18H23N5OS. The molecule has 1 amide bonds. The van der Waals surface area contributed by atoms with Crippen LogP contribution in [0.5, 0.6) is 0 Å². The summed E-state index contributed by atoms with van der Waals surface area (Å²) < 4.78 is 0. The van der Waals surface area contributed by atoms with Crippen molar-refractivity contribution < 1.29 is 4.79 Å². The lowest BCUT2D eigenvalue weighted by Crippen LogP contribution is -2.49. The second-order valence-electron chi connectivity index (χ2n) is 6.65. The third kappa shape index (κ3) is 3.46. The average molecular weight is 357 g/mol. The van der Waals surface area contributed by atoms with E-state index in [0.29, 0.717) is 0 Å². The molecule has 2 aliphatic rings. The van der Waals surface area contributed by atoms with Gasteiger partial charge >= 0.3 is 0 Å². The van der Waals surface area contributed by atoms with E-state index in [1.54, 1.807) is 11.3 Å². The number of aromatic nitrogens is 2. The zero-order valence-corrected chi connectivity index (χ0v) is 15.3. The molecule has 132 valence electrons. The van der Waals surface area contributed by atoms with Gasteiger partial charge in [0.25, 0.3) is 5.91 Å². The number of carbonyl (C=O) groups excluding carboxylic acids is 1.